The van der Waals surface area contributed by atoms with Gasteiger partial charge in [0.15, 0.2) is 15.2 Å². The highest BCUT2D eigenvalue weighted by Crippen LogP contribution is 2.26. The van der Waals surface area contributed by atoms with E-state index in [2.05, 4.69) is 9.71 Å². The van der Waals surface area contributed by atoms with Crippen molar-refractivity contribution in [1.82, 2.24) is 9.55 Å². The number of anilines is 1. The van der Waals surface area contributed by atoms with Crippen molar-refractivity contribution in [1.29, 1.82) is 0 Å². The van der Waals surface area contributed by atoms with E-state index in [9.17, 15) is 17.2 Å². The zero-order valence-corrected chi connectivity index (χ0v) is 14.6. The van der Waals surface area contributed by atoms with Crippen molar-refractivity contribution in [2.45, 2.75) is 4.90 Å². The standard InChI is InChI=1S/C15H9Cl2F2N3O2S/c16-14-15(17)22(8-20-14)10-6-4-9(5-7-10)21-25(23,24)13-11(18)2-1-3-12(13)19/h1-8,21H. The zero-order chi connectivity index (χ0) is 18.2. The third-order valence-electron chi connectivity index (χ3n) is 3.25. The summed E-state index contributed by atoms with van der Waals surface area (Å²) < 4.78 is 55.4. The lowest BCUT2D eigenvalue weighted by atomic mass is 10.3. The molecule has 3 aromatic rings. The van der Waals surface area contributed by atoms with Gasteiger partial charge in [-0.2, -0.15) is 0 Å². The molecule has 0 bridgehead atoms. The van der Waals surface area contributed by atoms with E-state index in [0.717, 1.165) is 18.2 Å². The van der Waals surface area contributed by atoms with Gasteiger partial charge < -0.3 is 0 Å². The highest BCUT2D eigenvalue weighted by atomic mass is 35.5. The average Bonchev–Trinajstić information content (AvgIpc) is 2.87. The Hall–Kier alpha value is -2.16. The van der Waals surface area contributed by atoms with Crippen LogP contribution in [-0.2, 0) is 10.0 Å². The van der Waals surface area contributed by atoms with Gasteiger partial charge in [-0.25, -0.2) is 22.2 Å². The van der Waals surface area contributed by atoms with Gasteiger partial charge in [0.1, 0.15) is 18.0 Å². The molecule has 0 spiro atoms. The van der Waals surface area contributed by atoms with Crippen molar-refractivity contribution >= 4 is 38.9 Å². The zero-order valence-electron chi connectivity index (χ0n) is 12.2. The van der Waals surface area contributed by atoms with E-state index in [0.29, 0.717) is 5.69 Å². The van der Waals surface area contributed by atoms with Crippen LogP contribution in [0.2, 0.25) is 10.3 Å². The first-order chi connectivity index (χ1) is 11.8. The summed E-state index contributed by atoms with van der Waals surface area (Å²) in [5.41, 5.74) is 0.693. The van der Waals surface area contributed by atoms with Crippen molar-refractivity contribution in [3.05, 3.63) is 70.7 Å². The van der Waals surface area contributed by atoms with Crippen molar-refractivity contribution in [3.8, 4) is 5.69 Å². The number of hydrogen-bond donors (Lipinski definition) is 1. The summed E-state index contributed by atoms with van der Waals surface area (Å²) in [6.07, 6.45) is 1.40. The molecule has 1 N–H and O–H groups in total. The second kappa shape index (κ2) is 6.62. The van der Waals surface area contributed by atoms with Gasteiger partial charge in [0, 0.05) is 11.4 Å². The molecule has 0 aliphatic carbocycles. The third-order valence-corrected chi connectivity index (χ3v) is 5.42. The van der Waals surface area contributed by atoms with Crippen molar-refractivity contribution < 1.29 is 17.2 Å². The van der Waals surface area contributed by atoms with Crippen molar-refractivity contribution in [2.75, 3.05) is 4.72 Å². The highest BCUT2D eigenvalue weighted by molar-refractivity contribution is 7.92. The van der Waals surface area contributed by atoms with E-state index in [-0.39, 0.29) is 16.0 Å². The lowest BCUT2D eigenvalue weighted by molar-refractivity contribution is 0.521. The molecule has 0 radical (unpaired) electrons. The van der Waals surface area contributed by atoms with E-state index >= 15 is 0 Å². The summed E-state index contributed by atoms with van der Waals surface area (Å²) in [7, 11) is -4.42. The number of aromatic nitrogens is 2. The quantitative estimate of drug-likeness (QED) is 0.707. The summed E-state index contributed by atoms with van der Waals surface area (Å²) in [6, 6.07) is 8.72. The molecule has 0 amide bonds. The largest absolute Gasteiger partial charge is 0.288 e. The van der Waals surface area contributed by atoms with Gasteiger partial charge in [-0.1, -0.05) is 29.3 Å². The maximum atomic E-state index is 13.7. The number of sulfonamides is 1. The van der Waals surface area contributed by atoms with Crippen LogP contribution in [0.3, 0.4) is 0 Å². The minimum Gasteiger partial charge on any atom is -0.288 e. The fourth-order valence-corrected chi connectivity index (χ4v) is 3.65. The maximum Gasteiger partial charge on any atom is 0.267 e. The molecule has 25 heavy (non-hydrogen) atoms. The molecule has 0 aliphatic heterocycles. The summed E-state index contributed by atoms with van der Waals surface area (Å²) in [5.74, 6) is -2.35. The Morgan fingerprint density at radius 2 is 1.60 bits per heavy atom. The van der Waals surface area contributed by atoms with Gasteiger partial charge >= 0.3 is 0 Å². The summed E-state index contributed by atoms with van der Waals surface area (Å²) in [6.45, 7) is 0. The number of imidazole rings is 1. The third kappa shape index (κ3) is 3.46. The van der Waals surface area contributed by atoms with Crippen molar-refractivity contribution in [3.63, 3.8) is 0 Å². The summed E-state index contributed by atoms with van der Waals surface area (Å²) >= 11 is 11.7. The van der Waals surface area contributed by atoms with Gasteiger partial charge in [-0.05, 0) is 36.4 Å². The SMILES string of the molecule is O=S(=O)(Nc1ccc(-n2cnc(Cl)c2Cl)cc1)c1c(F)cccc1F. The molecule has 2 aromatic carbocycles. The number of hydrogen-bond acceptors (Lipinski definition) is 3. The second-order valence-electron chi connectivity index (χ2n) is 4.90. The molecule has 0 aliphatic rings. The van der Waals surface area contributed by atoms with Crippen LogP contribution in [0, 0.1) is 11.6 Å². The number of benzene rings is 2. The number of halogens is 4. The molecule has 130 valence electrons. The predicted molar refractivity (Wildman–Crippen MR) is 90.8 cm³/mol. The molecule has 3 rings (SSSR count). The maximum absolute atomic E-state index is 13.7. The van der Waals surface area contributed by atoms with E-state index in [1.54, 1.807) is 12.1 Å². The van der Waals surface area contributed by atoms with Crippen LogP contribution in [0.15, 0.2) is 53.7 Å². The smallest absolute Gasteiger partial charge is 0.267 e. The number of nitrogens with one attached hydrogen (secondary N) is 1. The van der Waals surface area contributed by atoms with Gasteiger partial charge in [-0.15, -0.1) is 0 Å². The Labute approximate surface area is 151 Å². The van der Waals surface area contributed by atoms with E-state index < -0.39 is 26.6 Å². The Morgan fingerprint density at radius 1 is 1.00 bits per heavy atom. The lowest BCUT2D eigenvalue weighted by Gasteiger charge is -2.10. The first kappa shape index (κ1) is 17.7. The fourth-order valence-electron chi connectivity index (χ4n) is 2.13. The highest BCUT2D eigenvalue weighted by Gasteiger charge is 2.23. The predicted octanol–water partition coefficient (Wildman–Crippen LogP) is 4.26. The van der Waals surface area contributed by atoms with Crippen LogP contribution in [0.1, 0.15) is 0 Å². The molecular formula is C15H9Cl2F2N3O2S. The molecule has 0 atom stereocenters. The van der Waals surface area contributed by atoms with Crippen LogP contribution in [0.4, 0.5) is 14.5 Å². The number of nitrogens with zero attached hydrogens (tertiary/aromatic N) is 2. The fraction of sp³-hybridized carbons (Fsp3) is 0. The number of rotatable bonds is 4. The lowest BCUT2D eigenvalue weighted by Crippen LogP contribution is -2.16. The molecule has 1 heterocycles. The Morgan fingerprint density at radius 3 is 2.12 bits per heavy atom. The summed E-state index contributed by atoms with van der Waals surface area (Å²) in [4.78, 5) is 2.80. The molecule has 0 unspecified atom stereocenters. The first-order valence-electron chi connectivity index (χ1n) is 6.75. The molecule has 5 nitrogen and oxygen atoms in total. The minimum absolute atomic E-state index is 0.119. The van der Waals surface area contributed by atoms with E-state index in [1.165, 1.54) is 23.0 Å². The average molecular weight is 404 g/mol. The molecule has 0 saturated carbocycles. The molecule has 0 saturated heterocycles. The van der Waals surface area contributed by atoms with Crippen LogP contribution in [0.25, 0.3) is 5.69 Å². The molecule has 1 aromatic heterocycles. The second-order valence-corrected chi connectivity index (χ2v) is 7.23. The topological polar surface area (TPSA) is 64.0 Å². The van der Waals surface area contributed by atoms with Crippen LogP contribution in [-0.4, -0.2) is 18.0 Å². The van der Waals surface area contributed by atoms with Crippen molar-refractivity contribution in [2.24, 2.45) is 0 Å². The van der Waals surface area contributed by atoms with Gasteiger partial charge in [0.05, 0.1) is 0 Å². The monoisotopic (exact) mass is 403 g/mol. The minimum atomic E-state index is -4.42. The molecule has 0 fully saturated rings. The van der Waals surface area contributed by atoms with Gasteiger partial charge in [-0.3, -0.25) is 9.29 Å². The van der Waals surface area contributed by atoms with Crippen LogP contribution in [0.5, 0.6) is 0 Å². The first-order valence-corrected chi connectivity index (χ1v) is 8.99. The van der Waals surface area contributed by atoms with Gasteiger partial charge in [0.25, 0.3) is 10.0 Å². The van der Waals surface area contributed by atoms with Crippen LogP contribution >= 0.6 is 23.2 Å². The molecule has 10 heteroatoms. The Kier molecular flexibility index (Phi) is 4.68. The Balaban J connectivity index is 1.90. The van der Waals surface area contributed by atoms with Gasteiger partial charge in [0.2, 0.25) is 0 Å². The molecular weight excluding hydrogens is 395 g/mol. The van der Waals surface area contributed by atoms with E-state index in [1.807, 2.05) is 0 Å². The van der Waals surface area contributed by atoms with Crippen LogP contribution < -0.4 is 4.72 Å². The normalized spacial score (nSPS) is 11.5. The Bertz CT molecular complexity index is 1020. The summed E-state index contributed by atoms with van der Waals surface area (Å²) in [5, 5.41) is 0.324. The van der Waals surface area contributed by atoms with E-state index in [4.69, 9.17) is 23.2 Å².